The van der Waals surface area contributed by atoms with Gasteiger partial charge in [0.2, 0.25) is 0 Å². The summed E-state index contributed by atoms with van der Waals surface area (Å²) >= 11 is 17.6. The molecule has 0 radical (unpaired) electrons. The molecule has 0 atom stereocenters. The van der Waals surface area contributed by atoms with Gasteiger partial charge in [-0.3, -0.25) is 0 Å². The summed E-state index contributed by atoms with van der Waals surface area (Å²) in [5.41, 5.74) is 0.958. The Morgan fingerprint density at radius 2 is 1.71 bits per heavy atom. The highest BCUT2D eigenvalue weighted by Gasteiger charge is 2.01. The molecule has 0 aliphatic carbocycles. The monoisotopic (exact) mass is 286 g/mol. The Hall–Kier alpha value is -0.890. The van der Waals surface area contributed by atoms with E-state index in [2.05, 4.69) is 0 Å². The van der Waals surface area contributed by atoms with Gasteiger partial charge >= 0.3 is 0 Å². The van der Waals surface area contributed by atoms with Crippen LogP contribution in [0.25, 0.3) is 0 Å². The fourth-order valence-electron chi connectivity index (χ4n) is 1.35. The summed E-state index contributed by atoms with van der Waals surface area (Å²) in [6, 6.07) is 12.7. The van der Waals surface area contributed by atoms with Crippen LogP contribution in [0.1, 0.15) is 5.56 Å². The standard InChI is InChI=1S/C13H9Cl3O/c14-10-2-1-3-11(7-10)17-8-9-4-5-12(15)13(16)6-9/h1-7H,8H2. The summed E-state index contributed by atoms with van der Waals surface area (Å²) in [5, 5.41) is 1.72. The van der Waals surface area contributed by atoms with Crippen molar-refractivity contribution < 1.29 is 4.74 Å². The SMILES string of the molecule is Clc1cccc(OCc2ccc(Cl)c(Cl)c2)c1. The Labute approximate surface area is 115 Å². The smallest absolute Gasteiger partial charge is 0.121 e. The third-order valence-electron chi connectivity index (χ3n) is 2.19. The summed E-state index contributed by atoms with van der Waals surface area (Å²) in [6.45, 7) is 0.428. The van der Waals surface area contributed by atoms with Crippen molar-refractivity contribution in [3.05, 3.63) is 63.1 Å². The van der Waals surface area contributed by atoms with Crippen molar-refractivity contribution in [1.29, 1.82) is 0 Å². The zero-order chi connectivity index (χ0) is 12.3. The van der Waals surface area contributed by atoms with Crippen LogP contribution in [-0.4, -0.2) is 0 Å². The molecule has 0 amide bonds. The van der Waals surface area contributed by atoms with Crippen molar-refractivity contribution in [1.82, 2.24) is 0 Å². The highest BCUT2D eigenvalue weighted by Crippen LogP contribution is 2.24. The molecule has 17 heavy (non-hydrogen) atoms. The van der Waals surface area contributed by atoms with E-state index in [-0.39, 0.29) is 0 Å². The topological polar surface area (TPSA) is 9.23 Å². The average Bonchev–Trinajstić information content (AvgIpc) is 2.31. The molecule has 0 N–H and O–H groups in total. The molecule has 2 aromatic carbocycles. The molecule has 0 bridgehead atoms. The van der Waals surface area contributed by atoms with Gasteiger partial charge in [0, 0.05) is 5.02 Å². The summed E-state index contributed by atoms with van der Waals surface area (Å²) in [7, 11) is 0. The molecular formula is C13H9Cl3O. The predicted octanol–water partition coefficient (Wildman–Crippen LogP) is 5.23. The Balaban J connectivity index is 2.05. The number of hydrogen-bond donors (Lipinski definition) is 0. The van der Waals surface area contributed by atoms with Crippen LogP contribution in [0.4, 0.5) is 0 Å². The number of halogens is 3. The maximum absolute atomic E-state index is 5.91. The van der Waals surface area contributed by atoms with Crippen LogP contribution in [0.2, 0.25) is 15.1 Å². The minimum atomic E-state index is 0.428. The van der Waals surface area contributed by atoms with Gasteiger partial charge in [0.1, 0.15) is 12.4 Å². The highest BCUT2D eigenvalue weighted by atomic mass is 35.5. The number of rotatable bonds is 3. The number of benzene rings is 2. The number of hydrogen-bond acceptors (Lipinski definition) is 1. The van der Waals surface area contributed by atoms with Gasteiger partial charge in [0.05, 0.1) is 10.0 Å². The van der Waals surface area contributed by atoms with Crippen LogP contribution >= 0.6 is 34.8 Å². The van der Waals surface area contributed by atoms with Crippen molar-refractivity contribution in [3.63, 3.8) is 0 Å². The Bertz CT molecular complexity index is 526. The third-order valence-corrected chi connectivity index (χ3v) is 3.16. The van der Waals surface area contributed by atoms with Gasteiger partial charge in [-0.15, -0.1) is 0 Å². The first-order chi connectivity index (χ1) is 8.15. The third kappa shape index (κ3) is 3.53. The lowest BCUT2D eigenvalue weighted by Crippen LogP contribution is -1.95. The zero-order valence-corrected chi connectivity index (χ0v) is 11.1. The van der Waals surface area contributed by atoms with Crippen LogP contribution in [0.3, 0.4) is 0 Å². The van der Waals surface area contributed by atoms with Crippen molar-refractivity contribution in [2.45, 2.75) is 6.61 Å². The molecule has 0 saturated carbocycles. The van der Waals surface area contributed by atoms with Crippen molar-refractivity contribution in [3.8, 4) is 5.75 Å². The Kier molecular flexibility index (Phi) is 4.16. The maximum atomic E-state index is 5.91. The summed E-state index contributed by atoms with van der Waals surface area (Å²) in [5.74, 6) is 0.726. The minimum Gasteiger partial charge on any atom is -0.489 e. The lowest BCUT2D eigenvalue weighted by molar-refractivity contribution is 0.306. The van der Waals surface area contributed by atoms with Gasteiger partial charge in [0.15, 0.2) is 0 Å². The fourth-order valence-corrected chi connectivity index (χ4v) is 1.85. The second-order valence-corrected chi connectivity index (χ2v) is 4.75. The van der Waals surface area contributed by atoms with Gasteiger partial charge in [0.25, 0.3) is 0 Å². The van der Waals surface area contributed by atoms with Gasteiger partial charge in [-0.2, -0.15) is 0 Å². The molecule has 0 aliphatic heterocycles. The molecule has 2 rings (SSSR count). The second kappa shape index (κ2) is 5.63. The van der Waals surface area contributed by atoms with E-state index in [1.165, 1.54) is 0 Å². The average molecular weight is 288 g/mol. The van der Waals surface area contributed by atoms with Crippen molar-refractivity contribution in [2.75, 3.05) is 0 Å². The molecule has 4 heteroatoms. The largest absolute Gasteiger partial charge is 0.489 e. The summed E-state index contributed by atoms with van der Waals surface area (Å²) in [6.07, 6.45) is 0. The first-order valence-corrected chi connectivity index (χ1v) is 6.11. The second-order valence-electron chi connectivity index (χ2n) is 3.49. The summed E-state index contributed by atoms with van der Waals surface area (Å²) in [4.78, 5) is 0. The van der Waals surface area contributed by atoms with E-state index in [4.69, 9.17) is 39.5 Å². The highest BCUT2D eigenvalue weighted by molar-refractivity contribution is 6.42. The van der Waals surface area contributed by atoms with Crippen LogP contribution in [0.15, 0.2) is 42.5 Å². The molecule has 0 unspecified atom stereocenters. The van der Waals surface area contributed by atoms with E-state index in [9.17, 15) is 0 Å². The van der Waals surface area contributed by atoms with Crippen molar-refractivity contribution >= 4 is 34.8 Å². The molecule has 0 saturated heterocycles. The van der Waals surface area contributed by atoms with E-state index in [0.717, 1.165) is 11.3 Å². The normalized spacial score (nSPS) is 10.3. The maximum Gasteiger partial charge on any atom is 0.121 e. The minimum absolute atomic E-state index is 0.428. The van der Waals surface area contributed by atoms with Gasteiger partial charge in [-0.25, -0.2) is 0 Å². The summed E-state index contributed by atoms with van der Waals surface area (Å²) < 4.78 is 5.58. The van der Waals surface area contributed by atoms with Crippen LogP contribution in [0.5, 0.6) is 5.75 Å². The van der Waals surface area contributed by atoms with E-state index < -0.39 is 0 Å². The molecule has 0 aliphatic rings. The first-order valence-electron chi connectivity index (χ1n) is 4.97. The zero-order valence-electron chi connectivity index (χ0n) is 8.79. The lowest BCUT2D eigenvalue weighted by atomic mass is 10.2. The molecule has 0 spiro atoms. The predicted molar refractivity (Wildman–Crippen MR) is 72.2 cm³/mol. The molecular weight excluding hydrogens is 279 g/mol. The van der Waals surface area contributed by atoms with Gasteiger partial charge in [-0.05, 0) is 35.9 Å². The van der Waals surface area contributed by atoms with E-state index >= 15 is 0 Å². The lowest BCUT2D eigenvalue weighted by Gasteiger charge is -2.07. The van der Waals surface area contributed by atoms with Crippen molar-refractivity contribution in [2.24, 2.45) is 0 Å². The molecule has 0 heterocycles. The Morgan fingerprint density at radius 3 is 2.41 bits per heavy atom. The van der Waals surface area contributed by atoms with E-state index in [1.54, 1.807) is 24.3 Å². The Morgan fingerprint density at radius 1 is 0.882 bits per heavy atom. The first kappa shape index (κ1) is 12.6. The van der Waals surface area contributed by atoms with E-state index in [1.807, 2.05) is 18.2 Å². The number of ether oxygens (including phenoxy) is 1. The van der Waals surface area contributed by atoms with Crippen LogP contribution < -0.4 is 4.74 Å². The molecule has 1 nitrogen and oxygen atoms in total. The fraction of sp³-hybridized carbons (Fsp3) is 0.0769. The molecule has 88 valence electrons. The van der Waals surface area contributed by atoms with Crippen LogP contribution in [-0.2, 0) is 6.61 Å². The molecule has 0 fully saturated rings. The van der Waals surface area contributed by atoms with Gasteiger partial charge < -0.3 is 4.74 Å². The quantitative estimate of drug-likeness (QED) is 0.751. The molecule has 0 aromatic heterocycles. The molecule has 2 aromatic rings. The van der Waals surface area contributed by atoms with E-state index in [0.29, 0.717) is 21.7 Å². The van der Waals surface area contributed by atoms with Gasteiger partial charge in [-0.1, -0.05) is 46.9 Å². The van der Waals surface area contributed by atoms with Crippen LogP contribution in [0, 0.1) is 0 Å².